The van der Waals surface area contributed by atoms with Crippen LogP contribution in [0.3, 0.4) is 0 Å². The van der Waals surface area contributed by atoms with Gasteiger partial charge in [-0.25, -0.2) is 0 Å². The molecule has 1 aliphatic carbocycles. The molecule has 4 fully saturated rings. The summed E-state index contributed by atoms with van der Waals surface area (Å²) in [7, 11) is 0. The van der Waals surface area contributed by atoms with Gasteiger partial charge in [0.1, 0.15) is 0 Å². The van der Waals surface area contributed by atoms with E-state index < -0.39 is 0 Å². The Morgan fingerprint density at radius 1 is 1.18 bits per heavy atom. The molecule has 1 aromatic rings. The fourth-order valence-electron chi connectivity index (χ4n) is 5.45. The fourth-order valence-corrected chi connectivity index (χ4v) is 5.45. The molecule has 0 spiro atoms. The molecule has 3 amide bonds. The van der Waals surface area contributed by atoms with Crippen molar-refractivity contribution in [3.8, 4) is 0 Å². The molecule has 150 valence electrons. The monoisotopic (exact) mass is 385 g/mol. The molecule has 7 nitrogen and oxygen atoms in total. The minimum atomic E-state index is -0.0731. The second-order valence-corrected chi connectivity index (χ2v) is 8.79. The number of nitrogens with zero attached hydrogens (tertiary/aromatic N) is 2. The van der Waals surface area contributed by atoms with E-state index in [1.54, 1.807) is 12.1 Å². The maximum absolute atomic E-state index is 12.9. The predicted octanol–water partition coefficient (Wildman–Crippen LogP) is 1.65. The van der Waals surface area contributed by atoms with Crippen molar-refractivity contribution in [1.29, 1.82) is 0 Å². The molecule has 28 heavy (non-hydrogen) atoms. The Hall–Kier alpha value is -2.31. The van der Waals surface area contributed by atoms with Crippen LogP contribution in [0, 0.1) is 17.8 Å². The minimum absolute atomic E-state index is 0.0241. The van der Waals surface area contributed by atoms with Crippen LogP contribution in [0.5, 0.6) is 0 Å². The van der Waals surface area contributed by atoms with Crippen LogP contribution >= 0.6 is 0 Å². The lowest BCUT2D eigenvalue weighted by Gasteiger charge is -2.56. The number of carbonyl (C=O) groups excluding carboxylic acids is 3. The normalized spacial score (nSPS) is 32.1. The number of nitrogens with one attached hydrogen (secondary N) is 1. The second-order valence-electron chi connectivity index (χ2n) is 8.79. The van der Waals surface area contributed by atoms with Gasteiger partial charge in [-0.3, -0.25) is 14.4 Å². The van der Waals surface area contributed by atoms with E-state index >= 15 is 0 Å². The number of hydrogen-bond acceptors (Lipinski definition) is 4. The topological polar surface area (TPSA) is 82.9 Å². The van der Waals surface area contributed by atoms with Crippen LogP contribution < -0.4 is 5.32 Å². The summed E-state index contributed by atoms with van der Waals surface area (Å²) >= 11 is 0. The number of piperidine rings is 3. The van der Waals surface area contributed by atoms with Crippen molar-refractivity contribution in [2.24, 2.45) is 17.8 Å². The lowest BCUT2D eigenvalue weighted by molar-refractivity contribution is -0.152. The van der Waals surface area contributed by atoms with E-state index in [0.29, 0.717) is 37.7 Å². The fraction of sp³-hybridized carbons (Fsp3) is 0.667. The van der Waals surface area contributed by atoms with Gasteiger partial charge < -0.3 is 19.5 Å². The molecule has 2 bridgehead atoms. The zero-order chi connectivity index (χ0) is 19.3. The van der Waals surface area contributed by atoms with Crippen LogP contribution in [-0.2, 0) is 9.59 Å². The van der Waals surface area contributed by atoms with E-state index in [2.05, 4.69) is 10.2 Å². The molecule has 3 aliphatic heterocycles. The number of amides is 3. The Kier molecular flexibility index (Phi) is 4.40. The van der Waals surface area contributed by atoms with E-state index in [9.17, 15) is 14.4 Å². The molecule has 0 radical (unpaired) electrons. The van der Waals surface area contributed by atoms with Gasteiger partial charge in [-0.05, 0) is 56.1 Å². The molecular formula is C21H27N3O4. The summed E-state index contributed by atoms with van der Waals surface area (Å²) in [5.41, 5.74) is 0. The molecule has 7 heteroatoms. The highest BCUT2D eigenvalue weighted by Crippen LogP contribution is 2.42. The van der Waals surface area contributed by atoms with Crippen molar-refractivity contribution in [3.63, 3.8) is 0 Å². The average molecular weight is 385 g/mol. The van der Waals surface area contributed by atoms with Crippen LogP contribution in [0.2, 0.25) is 0 Å². The van der Waals surface area contributed by atoms with Crippen molar-refractivity contribution in [3.05, 3.63) is 24.2 Å². The maximum atomic E-state index is 12.9. The summed E-state index contributed by atoms with van der Waals surface area (Å²) in [4.78, 5) is 41.8. The first kappa shape index (κ1) is 17.8. The van der Waals surface area contributed by atoms with Gasteiger partial charge >= 0.3 is 0 Å². The first-order valence-corrected chi connectivity index (χ1v) is 10.5. The van der Waals surface area contributed by atoms with Gasteiger partial charge in [0, 0.05) is 38.0 Å². The highest BCUT2D eigenvalue weighted by molar-refractivity contribution is 5.91. The third kappa shape index (κ3) is 3.10. The Morgan fingerprint density at radius 2 is 2.00 bits per heavy atom. The molecular weight excluding hydrogens is 358 g/mol. The Balaban J connectivity index is 1.37. The number of likely N-dealkylation sites (tertiary alicyclic amines) is 1. The zero-order valence-corrected chi connectivity index (χ0v) is 16.0. The van der Waals surface area contributed by atoms with Gasteiger partial charge in [-0.1, -0.05) is 0 Å². The SMILES string of the molecule is O=C(NC[C@H]1[C@H]2C[C@H](CN(C(=O)c3ccco3)C2)[C@@H]2CCCC(=O)N21)C1CC1. The molecule has 4 heterocycles. The number of carbonyl (C=O) groups is 3. The summed E-state index contributed by atoms with van der Waals surface area (Å²) in [6.45, 7) is 1.78. The summed E-state index contributed by atoms with van der Waals surface area (Å²) in [5, 5.41) is 3.09. The van der Waals surface area contributed by atoms with Crippen molar-refractivity contribution < 1.29 is 18.8 Å². The molecule has 0 aromatic carbocycles. The number of rotatable bonds is 4. The predicted molar refractivity (Wildman–Crippen MR) is 100 cm³/mol. The summed E-state index contributed by atoms with van der Waals surface area (Å²) < 4.78 is 5.32. The molecule has 4 atom stereocenters. The summed E-state index contributed by atoms with van der Waals surface area (Å²) in [5.74, 6) is 1.27. The van der Waals surface area contributed by atoms with Crippen LogP contribution in [0.1, 0.15) is 49.1 Å². The summed E-state index contributed by atoms with van der Waals surface area (Å²) in [6.07, 6.45) is 6.97. The van der Waals surface area contributed by atoms with Crippen LogP contribution in [0.4, 0.5) is 0 Å². The van der Waals surface area contributed by atoms with Crippen LogP contribution in [-0.4, -0.2) is 59.2 Å². The van der Waals surface area contributed by atoms with Crippen LogP contribution in [0.15, 0.2) is 22.8 Å². The number of furan rings is 1. The highest BCUT2D eigenvalue weighted by atomic mass is 16.3. The van der Waals surface area contributed by atoms with Gasteiger partial charge in [-0.2, -0.15) is 0 Å². The zero-order valence-electron chi connectivity index (χ0n) is 16.0. The molecule has 1 aromatic heterocycles. The molecule has 1 N–H and O–H groups in total. The van der Waals surface area contributed by atoms with Gasteiger partial charge in [-0.15, -0.1) is 0 Å². The van der Waals surface area contributed by atoms with E-state index in [0.717, 1.165) is 32.1 Å². The Labute approximate surface area is 164 Å². The first-order chi connectivity index (χ1) is 13.6. The first-order valence-electron chi connectivity index (χ1n) is 10.5. The van der Waals surface area contributed by atoms with Gasteiger partial charge in [0.25, 0.3) is 5.91 Å². The summed E-state index contributed by atoms with van der Waals surface area (Å²) in [6, 6.07) is 3.59. The Morgan fingerprint density at radius 3 is 2.75 bits per heavy atom. The third-order valence-corrected chi connectivity index (χ3v) is 6.95. The van der Waals surface area contributed by atoms with Crippen molar-refractivity contribution >= 4 is 17.7 Å². The highest BCUT2D eigenvalue weighted by Gasteiger charge is 2.50. The smallest absolute Gasteiger partial charge is 0.289 e. The average Bonchev–Trinajstić information content (AvgIpc) is 3.42. The quantitative estimate of drug-likeness (QED) is 0.854. The molecule has 1 saturated carbocycles. The van der Waals surface area contributed by atoms with E-state index in [4.69, 9.17) is 4.42 Å². The second kappa shape index (κ2) is 6.94. The maximum Gasteiger partial charge on any atom is 0.289 e. The molecule has 4 aliphatic rings. The Bertz CT molecular complexity index is 773. The largest absolute Gasteiger partial charge is 0.459 e. The van der Waals surface area contributed by atoms with Crippen molar-refractivity contribution in [2.75, 3.05) is 19.6 Å². The van der Waals surface area contributed by atoms with E-state index in [-0.39, 0.29) is 41.6 Å². The molecule has 0 unspecified atom stereocenters. The van der Waals surface area contributed by atoms with E-state index in [1.165, 1.54) is 6.26 Å². The van der Waals surface area contributed by atoms with Gasteiger partial charge in [0.2, 0.25) is 11.8 Å². The van der Waals surface area contributed by atoms with Gasteiger partial charge in [0.15, 0.2) is 5.76 Å². The lowest BCUT2D eigenvalue weighted by atomic mass is 9.72. The minimum Gasteiger partial charge on any atom is -0.459 e. The van der Waals surface area contributed by atoms with Crippen LogP contribution in [0.25, 0.3) is 0 Å². The lowest BCUT2D eigenvalue weighted by Crippen LogP contribution is -2.67. The number of fused-ring (bicyclic) bond motifs is 4. The van der Waals surface area contributed by atoms with Gasteiger partial charge in [0.05, 0.1) is 12.3 Å². The number of hydrogen-bond donors (Lipinski definition) is 1. The van der Waals surface area contributed by atoms with E-state index in [1.807, 2.05) is 4.90 Å². The van der Waals surface area contributed by atoms with Crippen molar-refractivity contribution in [1.82, 2.24) is 15.1 Å². The molecule has 5 rings (SSSR count). The van der Waals surface area contributed by atoms with Crippen molar-refractivity contribution in [2.45, 2.75) is 50.6 Å². The molecule has 3 saturated heterocycles. The standard InChI is InChI=1S/C21H27N3O4/c25-19-5-1-3-16-14-9-15(12-23(11-14)21(27)18-4-2-8-28-18)17(24(16)19)10-22-20(26)13-6-7-13/h2,4,8,13-17H,1,3,5-7,9-12H2,(H,22,26)/t14-,15+,16+,17+/m1/s1. The third-order valence-electron chi connectivity index (χ3n) is 6.95.